The number of hydrogen-bond donors (Lipinski definition) is 3. The highest BCUT2D eigenvalue weighted by Gasteiger charge is 2.21. The Morgan fingerprint density at radius 3 is 3.14 bits per heavy atom. The molecule has 1 fully saturated rings. The number of nitrogens with two attached hydrogens (primary N) is 1. The predicted molar refractivity (Wildman–Crippen MR) is 52.6 cm³/mol. The van der Waals surface area contributed by atoms with Gasteiger partial charge in [0.1, 0.15) is 12.2 Å². The lowest BCUT2D eigenvalue weighted by Crippen LogP contribution is -2.34. The van der Waals surface area contributed by atoms with Gasteiger partial charge in [-0.15, -0.1) is 0 Å². The van der Waals surface area contributed by atoms with Crippen LogP contribution in [0.15, 0.2) is 11.3 Å². The van der Waals surface area contributed by atoms with Crippen LogP contribution < -0.4 is 11.1 Å². The number of nitrogens with one attached hydrogen (secondary N) is 2. The maximum absolute atomic E-state index is 5.70. The third kappa shape index (κ3) is 2.21. The first-order valence-corrected chi connectivity index (χ1v) is 4.71. The molecule has 1 aromatic rings. The van der Waals surface area contributed by atoms with E-state index in [0.717, 1.165) is 18.7 Å². The third-order valence-electron chi connectivity index (χ3n) is 2.08. The fraction of sp³-hybridized carbons (Fsp3) is 0.625. The molecule has 2 rings (SSSR count). The van der Waals surface area contributed by atoms with Gasteiger partial charge in [-0.3, -0.25) is 10.1 Å². The van der Waals surface area contributed by atoms with Crippen molar-refractivity contribution in [3.63, 3.8) is 0 Å². The van der Waals surface area contributed by atoms with Gasteiger partial charge in [-0.05, 0) is 19.8 Å². The minimum Gasteiger partial charge on any atom is -0.370 e. The number of aliphatic imine (C=N–C) groups is 1. The summed E-state index contributed by atoms with van der Waals surface area (Å²) in [5.41, 5.74) is 5.70. The lowest BCUT2D eigenvalue weighted by molar-refractivity contribution is 0.660. The summed E-state index contributed by atoms with van der Waals surface area (Å²) in [4.78, 5) is 8.28. The highest BCUT2D eigenvalue weighted by Crippen LogP contribution is 2.23. The van der Waals surface area contributed by atoms with Crippen LogP contribution in [0.25, 0.3) is 0 Å². The largest absolute Gasteiger partial charge is 0.370 e. The minimum atomic E-state index is 0.0139. The van der Waals surface area contributed by atoms with Crippen LogP contribution in [0.3, 0.4) is 0 Å². The van der Waals surface area contributed by atoms with E-state index in [1.54, 1.807) is 0 Å². The van der Waals surface area contributed by atoms with E-state index in [-0.39, 0.29) is 6.04 Å². The maximum Gasteiger partial charge on any atom is 0.189 e. The molecule has 6 heteroatoms. The highest BCUT2D eigenvalue weighted by molar-refractivity contribution is 5.78. The molecular weight excluding hydrogens is 180 g/mol. The van der Waals surface area contributed by atoms with E-state index in [2.05, 4.69) is 25.5 Å². The predicted octanol–water partition coefficient (Wildman–Crippen LogP) is -0.0676. The number of rotatable bonds is 3. The number of aromatic nitrogens is 3. The molecule has 4 N–H and O–H groups in total. The lowest BCUT2D eigenvalue weighted by atomic mass is 10.3. The number of hydrogen-bond acceptors (Lipinski definition) is 3. The van der Waals surface area contributed by atoms with Crippen LogP contribution >= 0.6 is 0 Å². The molecule has 14 heavy (non-hydrogen) atoms. The topological polar surface area (TPSA) is 92.0 Å². The molecule has 6 nitrogen and oxygen atoms in total. The van der Waals surface area contributed by atoms with Crippen LogP contribution in [0.4, 0.5) is 0 Å². The van der Waals surface area contributed by atoms with Crippen molar-refractivity contribution in [2.24, 2.45) is 10.7 Å². The first kappa shape index (κ1) is 8.98. The van der Waals surface area contributed by atoms with E-state index >= 15 is 0 Å². The van der Waals surface area contributed by atoms with Crippen molar-refractivity contribution in [3.05, 3.63) is 12.2 Å². The van der Waals surface area contributed by atoms with E-state index in [1.165, 1.54) is 6.33 Å². The monoisotopic (exact) mass is 194 g/mol. The first-order valence-electron chi connectivity index (χ1n) is 4.71. The molecule has 1 aliphatic rings. The Morgan fingerprint density at radius 1 is 1.79 bits per heavy atom. The van der Waals surface area contributed by atoms with Gasteiger partial charge in [0.25, 0.3) is 0 Å². The van der Waals surface area contributed by atoms with Crippen molar-refractivity contribution in [1.82, 2.24) is 20.5 Å². The molecule has 0 aromatic carbocycles. The van der Waals surface area contributed by atoms with Crippen LogP contribution in [0.1, 0.15) is 31.6 Å². The molecule has 0 aliphatic heterocycles. The third-order valence-corrected chi connectivity index (χ3v) is 2.08. The van der Waals surface area contributed by atoms with Crippen LogP contribution in [-0.2, 0) is 0 Å². The van der Waals surface area contributed by atoms with Crippen molar-refractivity contribution < 1.29 is 0 Å². The highest BCUT2D eigenvalue weighted by atomic mass is 15.2. The Bertz CT molecular complexity index is 313. The molecule has 1 aromatic heterocycles. The average Bonchev–Trinajstić information content (AvgIpc) is 2.80. The summed E-state index contributed by atoms with van der Waals surface area (Å²) in [6, 6.07) is 0.449. The van der Waals surface area contributed by atoms with Gasteiger partial charge in [0, 0.05) is 0 Å². The van der Waals surface area contributed by atoms with Crippen molar-refractivity contribution in [1.29, 1.82) is 0 Å². The van der Waals surface area contributed by atoms with Gasteiger partial charge in [-0.25, -0.2) is 4.98 Å². The summed E-state index contributed by atoms with van der Waals surface area (Å²) in [5.74, 6) is 1.25. The molecule has 1 unspecified atom stereocenters. The molecule has 0 spiro atoms. The summed E-state index contributed by atoms with van der Waals surface area (Å²) in [6.07, 6.45) is 3.78. The fourth-order valence-corrected chi connectivity index (χ4v) is 1.15. The molecule has 1 heterocycles. The van der Waals surface area contributed by atoms with Gasteiger partial charge in [0.15, 0.2) is 5.96 Å². The molecule has 1 saturated carbocycles. The first-order chi connectivity index (χ1) is 6.75. The Labute approximate surface area is 82.0 Å². The summed E-state index contributed by atoms with van der Waals surface area (Å²) < 4.78 is 0. The zero-order chi connectivity index (χ0) is 9.97. The molecule has 0 radical (unpaired) electrons. The van der Waals surface area contributed by atoms with Crippen LogP contribution in [-0.4, -0.2) is 27.2 Å². The number of guanidine groups is 1. The SMILES string of the molecule is CC(NC(N)=NC1CC1)c1ncn[nH]1. The Hall–Kier alpha value is -1.59. The standard InChI is InChI=1S/C8H14N6/c1-5(7-10-4-11-14-7)12-8(9)13-6-2-3-6/h4-6H,2-3H2,1H3,(H3,9,12,13)(H,10,11,14). The number of H-pyrrole nitrogens is 1. The number of nitrogens with zero attached hydrogens (tertiary/aromatic N) is 3. The van der Waals surface area contributed by atoms with Gasteiger partial charge in [0.05, 0.1) is 12.1 Å². The zero-order valence-corrected chi connectivity index (χ0v) is 8.07. The van der Waals surface area contributed by atoms with Crippen molar-refractivity contribution in [2.75, 3.05) is 0 Å². The van der Waals surface area contributed by atoms with Crippen molar-refractivity contribution in [2.45, 2.75) is 31.8 Å². The maximum atomic E-state index is 5.70. The summed E-state index contributed by atoms with van der Waals surface area (Å²) in [7, 11) is 0. The second-order valence-electron chi connectivity index (χ2n) is 3.48. The molecule has 0 bridgehead atoms. The second-order valence-corrected chi connectivity index (χ2v) is 3.48. The summed E-state index contributed by atoms with van der Waals surface area (Å²) >= 11 is 0. The van der Waals surface area contributed by atoms with Gasteiger partial charge in [0.2, 0.25) is 0 Å². The summed E-state index contributed by atoms with van der Waals surface area (Å²) in [6.45, 7) is 1.95. The van der Waals surface area contributed by atoms with Crippen molar-refractivity contribution in [3.8, 4) is 0 Å². The van der Waals surface area contributed by atoms with E-state index in [9.17, 15) is 0 Å². The normalized spacial score (nSPS) is 19.4. The Balaban J connectivity index is 1.90. The fourth-order valence-electron chi connectivity index (χ4n) is 1.15. The van der Waals surface area contributed by atoms with E-state index in [0.29, 0.717) is 12.0 Å². The van der Waals surface area contributed by atoms with Crippen molar-refractivity contribution >= 4 is 5.96 Å². The average molecular weight is 194 g/mol. The van der Waals surface area contributed by atoms with Gasteiger partial charge >= 0.3 is 0 Å². The summed E-state index contributed by atoms with van der Waals surface area (Å²) in [5, 5.41) is 9.59. The molecule has 76 valence electrons. The van der Waals surface area contributed by atoms with E-state index in [1.807, 2.05) is 6.92 Å². The van der Waals surface area contributed by atoms with Gasteiger partial charge in [-0.1, -0.05) is 0 Å². The molecule has 0 saturated heterocycles. The molecular formula is C8H14N6. The van der Waals surface area contributed by atoms with Gasteiger partial charge < -0.3 is 11.1 Å². The van der Waals surface area contributed by atoms with Crippen LogP contribution in [0.5, 0.6) is 0 Å². The minimum absolute atomic E-state index is 0.0139. The lowest BCUT2D eigenvalue weighted by Gasteiger charge is -2.10. The van der Waals surface area contributed by atoms with Gasteiger partial charge in [-0.2, -0.15) is 5.10 Å². The van der Waals surface area contributed by atoms with E-state index < -0.39 is 0 Å². The quantitative estimate of drug-likeness (QED) is 0.464. The zero-order valence-electron chi connectivity index (χ0n) is 8.07. The number of aromatic amines is 1. The van der Waals surface area contributed by atoms with Crippen LogP contribution in [0, 0.1) is 0 Å². The Morgan fingerprint density at radius 2 is 2.57 bits per heavy atom. The Kier molecular flexibility index (Phi) is 2.34. The molecule has 1 atom stereocenters. The molecule has 1 aliphatic carbocycles. The molecule has 0 amide bonds. The second kappa shape index (κ2) is 3.65. The smallest absolute Gasteiger partial charge is 0.189 e. The van der Waals surface area contributed by atoms with E-state index in [4.69, 9.17) is 5.73 Å². The van der Waals surface area contributed by atoms with Crippen LogP contribution in [0.2, 0.25) is 0 Å².